The normalized spacial score (nSPS) is 13.0. The summed E-state index contributed by atoms with van der Waals surface area (Å²) < 4.78 is 17.6. The van der Waals surface area contributed by atoms with E-state index < -0.39 is 5.97 Å². The quantitative estimate of drug-likeness (QED) is 0.212. The Balaban J connectivity index is 1.22. The predicted octanol–water partition coefficient (Wildman–Crippen LogP) is 7.54. The van der Waals surface area contributed by atoms with Crippen LogP contribution in [0.4, 0.5) is 0 Å². The molecule has 38 heavy (non-hydrogen) atoms. The highest BCUT2D eigenvalue weighted by atomic mass is 35.5. The first-order chi connectivity index (χ1) is 18.5. The lowest BCUT2D eigenvalue weighted by Crippen LogP contribution is -2.00. The van der Waals surface area contributed by atoms with Crippen LogP contribution in [0, 0.1) is 0 Å². The van der Waals surface area contributed by atoms with Gasteiger partial charge in [-0.1, -0.05) is 34.4 Å². The van der Waals surface area contributed by atoms with Crippen molar-refractivity contribution in [3.8, 4) is 28.6 Å². The Labute approximate surface area is 226 Å². The lowest BCUT2D eigenvalue weighted by atomic mass is 10.0. The SMILES string of the molecule is O=C(O)c1ccc(Oc2ccc3cc(OCc4c(-c5c(Cl)cccc5Cl)noc4C4CC4)cnc3c2)nc1. The first-order valence-corrected chi connectivity index (χ1v) is 12.5. The van der Waals surface area contributed by atoms with Gasteiger partial charge in [0.05, 0.1) is 32.9 Å². The fourth-order valence-corrected chi connectivity index (χ4v) is 4.69. The summed E-state index contributed by atoms with van der Waals surface area (Å²) in [6.45, 7) is 0.221. The fourth-order valence-electron chi connectivity index (χ4n) is 4.12. The molecule has 0 aliphatic heterocycles. The van der Waals surface area contributed by atoms with Crippen molar-refractivity contribution in [2.45, 2.75) is 25.4 Å². The van der Waals surface area contributed by atoms with E-state index in [0.717, 1.165) is 29.6 Å². The molecule has 1 fully saturated rings. The molecule has 0 atom stereocenters. The van der Waals surface area contributed by atoms with Gasteiger partial charge in [-0.2, -0.15) is 0 Å². The molecule has 10 heteroatoms. The van der Waals surface area contributed by atoms with Gasteiger partial charge in [-0.3, -0.25) is 4.98 Å². The van der Waals surface area contributed by atoms with Crippen LogP contribution in [-0.4, -0.2) is 26.2 Å². The van der Waals surface area contributed by atoms with Crippen molar-refractivity contribution in [3.63, 3.8) is 0 Å². The monoisotopic (exact) mass is 547 g/mol. The third kappa shape index (κ3) is 4.88. The van der Waals surface area contributed by atoms with E-state index in [4.69, 9.17) is 42.3 Å². The maximum absolute atomic E-state index is 11.0. The van der Waals surface area contributed by atoms with Crippen molar-refractivity contribution in [2.75, 3.05) is 0 Å². The summed E-state index contributed by atoms with van der Waals surface area (Å²) in [5, 5.41) is 15.1. The second-order valence-electron chi connectivity index (χ2n) is 8.85. The Morgan fingerprint density at radius 1 is 1.00 bits per heavy atom. The Morgan fingerprint density at radius 2 is 1.82 bits per heavy atom. The molecule has 1 N–H and O–H groups in total. The summed E-state index contributed by atoms with van der Waals surface area (Å²) in [6, 6.07) is 15.6. The van der Waals surface area contributed by atoms with Crippen molar-refractivity contribution in [1.82, 2.24) is 15.1 Å². The molecule has 0 spiro atoms. The summed E-state index contributed by atoms with van der Waals surface area (Å²) in [4.78, 5) is 19.5. The van der Waals surface area contributed by atoms with Gasteiger partial charge in [0.15, 0.2) is 0 Å². The summed E-state index contributed by atoms with van der Waals surface area (Å²) >= 11 is 12.9. The molecule has 3 heterocycles. The molecule has 1 aliphatic rings. The van der Waals surface area contributed by atoms with Crippen LogP contribution >= 0.6 is 23.2 Å². The van der Waals surface area contributed by atoms with Crippen LogP contribution in [0.5, 0.6) is 17.4 Å². The molecule has 8 nitrogen and oxygen atoms in total. The zero-order valence-electron chi connectivity index (χ0n) is 19.7. The second kappa shape index (κ2) is 9.96. The van der Waals surface area contributed by atoms with Crippen LogP contribution in [0.3, 0.4) is 0 Å². The van der Waals surface area contributed by atoms with E-state index in [9.17, 15) is 4.79 Å². The number of carbonyl (C=O) groups is 1. The molecule has 0 radical (unpaired) electrons. The average Bonchev–Trinajstić information content (AvgIpc) is 3.68. The first-order valence-electron chi connectivity index (χ1n) is 11.8. The number of pyridine rings is 2. The molecule has 2 aromatic carbocycles. The van der Waals surface area contributed by atoms with E-state index in [1.54, 1.807) is 36.5 Å². The van der Waals surface area contributed by atoms with Gasteiger partial charge in [0.2, 0.25) is 5.88 Å². The lowest BCUT2D eigenvalue weighted by Gasteiger charge is -2.10. The van der Waals surface area contributed by atoms with E-state index >= 15 is 0 Å². The number of aromatic carboxylic acids is 1. The van der Waals surface area contributed by atoms with Crippen molar-refractivity contribution in [1.29, 1.82) is 0 Å². The van der Waals surface area contributed by atoms with Crippen LogP contribution in [0.1, 0.15) is 40.4 Å². The third-order valence-corrected chi connectivity index (χ3v) is 6.82. The van der Waals surface area contributed by atoms with Gasteiger partial charge in [0.1, 0.15) is 29.6 Å². The number of fused-ring (bicyclic) bond motifs is 1. The average molecular weight is 548 g/mol. The summed E-state index contributed by atoms with van der Waals surface area (Å²) in [6.07, 6.45) is 4.96. The topological polar surface area (TPSA) is 108 Å². The number of aromatic nitrogens is 3. The van der Waals surface area contributed by atoms with Gasteiger partial charge in [0, 0.05) is 35.2 Å². The van der Waals surface area contributed by atoms with E-state index in [-0.39, 0.29) is 18.1 Å². The highest BCUT2D eigenvalue weighted by Gasteiger charge is 2.33. The summed E-state index contributed by atoms with van der Waals surface area (Å²) in [7, 11) is 0. The first kappa shape index (κ1) is 24.2. The largest absolute Gasteiger partial charge is 0.487 e. The lowest BCUT2D eigenvalue weighted by molar-refractivity contribution is 0.0696. The van der Waals surface area contributed by atoms with Gasteiger partial charge in [-0.25, -0.2) is 9.78 Å². The minimum Gasteiger partial charge on any atom is -0.487 e. The van der Waals surface area contributed by atoms with Gasteiger partial charge < -0.3 is 19.1 Å². The molecular weight excluding hydrogens is 529 g/mol. The Kier molecular flexibility index (Phi) is 6.35. The predicted molar refractivity (Wildman–Crippen MR) is 141 cm³/mol. The van der Waals surface area contributed by atoms with Crippen molar-refractivity contribution < 1.29 is 23.9 Å². The van der Waals surface area contributed by atoms with Crippen LogP contribution in [-0.2, 0) is 6.61 Å². The van der Waals surface area contributed by atoms with E-state index in [2.05, 4.69) is 15.1 Å². The van der Waals surface area contributed by atoms with Crippen LogP contribution in [0.25, 0.3) is 22.2 Å². The Hall–Kier alpha value is -4.14. The molecule has 0 bridgehead atoms. The van der Waals surface area contributed by atoms with Gasteiger partial charge in [0.25, 0.3) is 0 Å². The van der Waals surface area contributed by atoms with Crippen molar-refractivity contribution in [2.24, 2.45) is 0 Å². The van der Waals surface area contributed by atoms with Crippen LogP contribution < -0.4 is 9.47 Å². The highest BCUT2D eigenvalue weighted by Crippen LogP contribution is 2.46. The highest BCUT2D eigenvalue weighted by molar-refractivity contribution is 6.39. The zero-order valence-corrected chi connectivity index (χ0v) is 21.2. The Bertz CT molecular complexity index is 1650. The van der Waals surface area contributed by atoms with E-state index in [1.807, 2.05) is 12.1 Å². The molecule has 3 aromatic heterocycles. The number of ether oxygens (including phenoxy) is 2. The summed E-state index contributed by atoms with van der Waals surface area (Å²) in [5.74, 6) is 1.46. The maximum Gasteiger partial charge on any atom is 0.337 e. The molecule has 190 valence electrons. The third-order valence-electron chi connectivity index (χ3n) is 6.19. The zero-order chi connectivity index (χ0) is 26.2. The maximum atomic E-state index is 11.0. The van der Waals surface area contributed by atoms with Crippen LogP contribution in [0.2, 0.25) is 10.0 Å². The molecule has 6 rings (SSSR count). The molecule has 1 saturated carbocycles. The second-order valence-corrected chi connectivity index (χ2v) is 9.67. The molecule has 5 aromatic rings. The molecule has 0 unspecified atom stereocenters. The fraction of sp³-hybridized carbons (Fsp3) is 0.143. The van der Waals surface area contributed by atoms with Crippen molar-refractivity contribution >= 4 is 40.1 Å². The molecule has 0 amide bonds. The number of hydrogen-bond acceptors (Lipinski definition) is 7. The number of carboxylic acids is 1. The number of rotatable bonds is 8. The van der Waals surface area contributed by atoms with Gasteiger partial charge in [-0.05, 0) is 49.2 Å². The minimum atomic E-state index is -1.05. The minimum absolute atomic E-state index is 0.0857. The number of benzene rings is 2. The van der Waals surface area contributed by atoms with Gasteiger partial charge >= 0.3 is 5.97 Å². The molecule has 1 aliphatic carbocycles. The number of halogens is 2. The van der Waals surface area contributed by atoms with Gasteiger partial charge in [-0.15, -0.1) is 0 Å². The van der Waals surface area contributed by atoms with E-state index in [1.165, 1.54) is 18.3 Å². The number of hydrogen-bond donors (Lipinski definition) is 1. The number of carboxylic acid groups (broad SMARTS) is 1. The smallest absolute Gasteiger partial charge is 0.337 e. The molecular formula is C28H19Cl2N3O5. The Morgan fingerprint density at radius 3 is 2.53 bits per heavy atom. The standard InChI is InChI=1S/C28H19Cl2N3O5/c29-21-2-1-3-22(30)25(21)26-20(27(38-33-26)15-4-5-15)14-36-19-10-16-6-8-18(11-23(16)31-13-19)37-24-9-7-17(12-32-24)28(34)35/h1-3,6-13,15H,4-5,14H2,(H,34,35). The van der Waals surface area contributed by atoms with E-state index in [0.29, 0.717) is 44.2 Å². The summed E-state index contributed by atoms with van der Waals surface area (Å²) in [5.41, 5.74) is 2.82. The van der Waals surface area contributed by atoms with Crippen molar-refractivity contribution in [3.05, 3.63) is 93.9 Å². The van der Waals surface area contributed by atoms with Crippen LogP contribution in [0.15, 0.2) is 71.5 Å². The number of nitrogens with zero attached hydrogens (tertiary/aromatic N) is 3. The molecule has 0 saturated heterocycles.